The third kappa shape index (κ3) is 4.98. The highest BCUT2D eigenvalue weighted by atomic mass is 16.5. The van der Waals surface area contributed by atoms with Crippen LogP contribution in [0.3, 0.4) is 0 Å². The number of nitrogens with one attached hydrogen (secondary N) is 4. The summed E-state index contributed by atoms with van der Waals surface area (Å²) in [5, 5.41) is 23.0. The van der Waals surface area contributed by atoms with E-state index >= 15 is 0 Å². The van der Waals surface area contributed by atoms with Crippen molar-refractivity contribution < 1.29 is 14.3 Å². The van der Waals surface area contributed by atoms with E-state index in [1.807, 2.05) is 6.07 Å². The molecule has 0 atom stereocenters. The molecule has 0 aliphatic rings. The topological polar surface area (TPSA) is 148 Å². The SMILES string of the molecule is C=CCNC(=O)Nc1cc(Nc2cccc(-c3ncn(C)n3)c2OC)c(C(=O)NC)nn1. The van der Waals surface area contributed by atoms with Crippen molar-refractivity contribution in [3.05, 3.63) is 48.9 Å². The maximum atomic E-state index is 12.3. The van der Waals surface area contributed by atoms with E-state index in [0.717, 1.165) is 0 Å². The van der Waals surface area contributed by atoms with Crippen LogP contribution in [0.15, 0.2) is 43.2 Å². The number of aromatic nitrogens is 5. The highest BCUT2D eigenvalue weighted by Gasteiger charge is 2.19. The summed E-state index contributed by atoms with van der Waals surface area (Å²) in [4.78, 5) is 28.5. The number of benzene rings is 1. The van der Waals surface area contributed by atoms with Crippen LogP contribution in [-0.4, -0.2) is 57.6 Å². The Morgan fingerprint density at radius 1 is 1.25 bits per heavy atom. The van der Waals surface area contributed by atoms with Gasteiger partial charge in [-0.2, -0.15) is 5.10 Å². The number of hydrogen-bond acceptors (Lipinski definition) is 8. The molecular weight excluding hydrogens is 414 g/mol. The van der Waals surface area contributed by atoms with Gasteiger partial charge in [0.2, 0.25) is 0 Å². The van der Waals surface area contributed by atoms with Gasteiger partial charge in [0.05, 0.1) is 24.0 Å². The lowest BCUT2D eigenvalue weighted by molar-refractivity contribution is 0.0958. The van der Waals surface area contributed by atoms with Gasteiger partial charge in [-0.15, -0.1) is 16.8 Å². The minimum atomic E-state index is -0.487. The molecule has 0 spiro atoms. The Bertz CT molecular complexity index is 1140. The van der Waals surface area contributed by atoms with Gasteiger partial charge in [-0.1, -0.05) is 12.1 Å². The fourth-order valence-corrected chi connectivity index (χ4v) is 2.80. The van der Waals surface area contributed by atoms with E-state index in [2.05, 4.69) is 48.1 Å². The Hall–Kier alpha value is -4.48. The van der Waals surface area contributed by atoms with E-state index in [-0.39, 0.29) is 18.1 Å². The summed E-state index contributed by atoms with van der Waals surface area (Å²) in [6.07, 6.45) is 3.13. The number of urea groups is 1. The molecule has 3 amide bonds. The lowest BCUT2D eigenvalue weighted by atomic mass is 10.1. The number of rotatable bonds is 8. The maximum Gasteiger partial charge on any atom is 0.320 e. The van der Waals surface area contributed by atoms with Crippen LogP contribution in [0.5, 0.6) is 5.75 Å². The van der Waals surface area contributed by atoms with Crippen LogP contribution in [0, 0.1) is 0 Å². The lowest BCUT2D eigenvalue weighted by Gasteiger charge is -2.16. The quantitative estimate of drug-likeness (QED) is 0.389. The number of ether oxygens (including phenoxy) is 1. The Balaban J connectivity index is 1.99. The molecule has 2 heterocycles. The van der Waals surface area contributed by atoms with E-state index in [1.54, 1.807) is 36.3 Å². The van der Waals surface area contributed by atoms with Gasteiger partial charge >= 0.3 is 6.03 Å². The lowest BCUT2D eigenvalue weighted by Crippen LogP contribution is -2.29. The molecule has 0 fully saturated rings. The Morgan fingerprint density at radius 3 is 2.72 bits per heavy atom. The highest BCUT2D eigenvalue weighted by Crippen LogP contribution is 2.37. The van der Waals surface area contributed by atoms with Gasteiger partial charge in [0.15, 0.2) is 23.1 Å². The standard InChI is InChI=1S/C20H23N9O3/c1-5-9-22-20(31)25-15-10-14(16(27-26-15)19(30)21-2)24-13-8-6-7-12(17(13)32-4)18-23-11-29(3)28-18/h5-8,10-11H,1,9H2,2-4H3,(H,21,30)(H3,22,24,25,26,31). The van der Waals surface area contributed by atoms with Crippen LogP contribution in [0.1, 0.15) is 10.5 Å². The summed E-state index contributed by atoms with van der Waals surface area (Å²) in [7, 11) is 4.77. The number of carbonyl (C=O) groups excluding carboxylic acids is 2. The first-order chi connectivity index (χ1) is 15.5. The average molecular weight is 437 g/mol. The summed E-state index contributed by atoms with van der Waals surface area (Å²) in [5.41, 5.74) is 1.54. The second-order valence-corrected chi connectivity index (χ2v) is 6.45. The van der Waals surface area contributed by atoms with Gasteiger partial charge in [0, 0.05) is 26.7 Å². The van der Waals surface area contributed by atoms with Crippen molar-refractivity contribution in [3.63, 3.8) is 0 Å². The normalized spacial score (nSPS) is 10.2. The summed E-state index contributed by atoms with van der Waals surface area (Å²) >= 11 is 0. The molecule has 0 radical (unpaired) electrons. The summed E-state index contributed by atoms with van der Waals surface area (Å²) in [6.45, 7) is 3.82. The van der Waals surface area contributed by atoms with Crippen molar-refractivity contribution in [2.75, 3.05) is 31.3 Å². The van der Waals surface area contributed by atoms with Gasteiger partial charge in [0.25, 0.3) is 5.91 Å². The molecule has 12 nitrogen and oxygen atoms in total. The van der Waals surface area contributed by atoms with Crippen molar-refractivity contribution in [2.45, 2.75) is 0 Å². The van der Waals surface area contributed by atoms with Crippen LogP contribution >= 0.6 is 0 Å². The largest absolute Gasteiger partial charge is 0.494 e. The maximum absolute atomic E-state index is 12.3. The highest BCUT2D eigenvalue weighted by molar-refractivity contribution is 5.99. The Kier molecular flexibility index (Phi) is 6.95. The van der Waals surface area contributed by atoms with Crippen LogP contribution in [0.2, 0.25) is 0 Å². The summed E-state index contributed by atoms with van der Waals surface area (Å²) in [5.74, 6) is 0.637. The second kappa shape index (κ2) is 10.0. The molecule has 0 saturated heterocycles. The fourth-order valence-electron chi connectivity index (χ4n) is 2.80. The molecule has 2 aromatic heterocycles. The zero-order chi connectivity index (χ0) is 23.1. The molecule has 32 heavy (non-hydrogen) atoms. The molecule has 0 aliphatic heterocycles. The number of para-hydroxylation sites is 1. The molecule has 0 bridgehead atoms. The smallest absolute Gasteiger partial charge is 0.320 e. The molecule has 3 aromatic rings. The number of methoxy groups -OCH3 is 1. The van der Waals surface area contributed by atoms with Crippen LogP contribution < -0.4 is 26.0 Å². The van der Waals surface area contributed by atoms with Crippen LogP contribution in [0.25, 0.3) is 11.4 Å². The van der Waals surface area contributed by atoms with Crippen molar-refractivity contribution in [1.29, 1.82) is 0 Å². The molecule has 1 aromatic carbocycles. The van der Waals surface area contributed by atoms with E-state index < -0.39 is 11.9 Å². The molecule has 0 aliphatic carbocycles. The van der Waals surface area contributed by atoms with Gasteiger partial charge < -0.3 is 20.7 Å². The molecule has 166 valence electrons. The third-order valence-corrected chi connectivity index (χ3v) is 4.21. The molecule has 0 saturated carbocycles. The Labute approximate surface area is 184 Å². The zero-order valence-electron chi connectivity index (χ0n) is 17.8. The van der Waals surface area contributed by atoms with E-state index in [9.17, 15) is 9.59 Å². The molecule has 4 N–H and O–H groups in total. The van der Waals surface area contributed by atoms with E-state index in [4.69, 9.17) is 4.74 Å². The van der Waals surface area contributed by atoms with Gasteiger partial charge in [-0.25, -0.2) is 9.78 Å². The van der Waals surface area contributed by atoms with Crippen LogP contribution in [-0.2, 0) is 7.05 Å². The van der Waals surface area contributed by atoms with Crippen molar-refractivity contribution in [1.82, 2.24) is 35.6 Å². The summed E-state index contributed by atoms with van der Waals surface area (Å²) in [6, 6.07) is 6.39. The van der Waals surface area contributed by atoms with Gasteiger partial charge in [-0.05, 0) is 12.1 Å². The number of carbonyl (C=O) groups is 2. The number of hydrogen-bond donors (Lipinski definition) is 4. The van der Waals surface area contributed by atoms with Gasteiger partial charge in [-0.3, -0.25) is 14.8 Å². The predicted octanol–water partition coefficient (Wildman–Crippen LogP) is 1.69. The van der Waals surface area contributed by atoms with Crippen molar-refractivity contribution in [2.24, 2.45) is 7.05 Å². The first kappa shape index (κ1) is 22.2. The number of amides is 3. The fraction of sp³-hybridized carbons (Fsp3) is 0.200. The van der Waals surface area contributed by atoms with Gasteiger partial charge in [0.1, 0.15) is 6.33 Å². The molecule has 12 heteroatoms. The Morgan fingerprint density at radius 2 is 2.06 bits per heavy atom. The van der Waals surface area contributed by atoms with E-state index in [0.29, 0.717) is 28.5 Å². The molecule has 0 unspecified atom stereocenters. The second-order valence-electron chi connectivity index (χ2n) is 6.45. The zero-order valence-corrected chi connectivity index (χ0v) is 17.8. The number of anilines is 3. The summed E-state index contributed by atoms with van der Waals surface area (Å²) < 4.78 is 7.18. The number of aryl methyl sites for hydroxylation is 1. The minimum Gasteiger partial charge on any atom is -0.494 e. The first-order valence-electron chi connectivity index (χ1n) is 9.52. The number of nitrogens with zero attached hydrogens (tertiary/aromatic N) is 5. The monoisotopic (exact) mass is 437 g/mol. The van der Waals surface area contributed by atoms with Crippen molar-refractivity contribution >= 4 is 29.1 Å². The van der Waals surface area contributed by atoms with Crippen molar-refractivity contribution in [3.8, 4) is 17.1 Å². The minimum absolute atomic E-state index is 0.0352. The third-order valence-electron chi connectivity index (χ3n) is 4.21. The van der Waals surface area contributed by atoms with E-state index in [1.165, 1.54) is 20.2 Å². The molecular formula is C20H23N9O3. The molecule has 3 rings (SSSR count). The predicted molar refractivity (Wildman–Crippen MR) is 119 cm³/mol. The van der Waals surface area contributed by atoms with Crippen LogP contribution in [0.4, 0.5) is 22.0 Å². The average Bonchev–Trinajstić information content (AvgIpc) is 3.23. The first-order valence-corrected chi connectivity index (χ1v) is 9.52.